The Kier molecular flexibility index (Phi) is 8.60. The lowest BCUT2D eigenvalue weighted by Gasteiger charge is -2.33. The zero-order valence-electron chi connectivity index (χ0n) is 18.8. The van der Waals surface area contributed by atoms with Crippen molar-refractivity contribution in [2.24, 2.45) is 11.3 Å². The first-order valence-corrected chi connectivity index (χ1v) is 11.6. The summed E-state index contributed by atoms with van der Waals surface area (Å²) >= 11 is 11.9. The molecule has 7 heteroatoms. The summed E-state index contributed by atoms with van der Waals surface area (Å²) in [6, 6.07) is 4.88. The monoisotopic (exact) mass is 455 g/mol. The van der Waals surface area contributed by atoms with E-state index in [0.717, 1.165) is 32.4 Å². The summed E-state index contributed by atoms with van der Waals surface area (Å²) in [5.41, 5.74) is 0.629. The second-order valence-electron chi connectivity index (χ2n) is 9.21. The van der Waals surface area contributed by atoms with Crippen LogP contribution in [-0.4, -0.2) is 48.4 Å². The predicted octanol–water partition coefficient (Wildman–Crippen LogP) is 4.77. The predicted molar refractivity (Wildman–Crippen MR) is 124 cm³/mol. The van der Waals surface area contributed by atoms with Crippen LogP contribution < -0.4 is 10.6 Å². The number of carbonyl (C=O) groups excluding carboxylic acids is 2. The number of carbonyl (C=O) groups is 2. The highest BCUT2D eigenvalue weighted by atomic mass is 35.5. The van der Waals surface area contributed by atoms with Crippen molar-refractivity contribution < 1.29 is 9.59 Å². The summed E-state index contributed by atoms with van der Waals surface area (Å²) in [5.74, 6) is 0.461. The second-order valence-corrected chi connectivity index (χ2v) is 10.1. The molecule has 2 N–H and O–H groups in total. The fourth-order valence-electron chi connectivity index (χ4n) is 4.15. The number of hydrogen-bond acceptors (Lipinski definition) is 3. The van der Waals surface area contributed by atoms with Crippen LogP contribution in [0.3, 0.4) is 0 Å². The lowest BCUT2D eigenvalue weighted by Crippen LogP contribution is -2.47. The molecular weight excluding hydrogens is 421 g/mol. The van der Waals surface area contributed by atoms with Crippen LogP contribution in [0.4, 0.5) is 0 Å². The molecule has 1 saturated heterocycles. The van der Waals surface area contributed by atoms with Crippen LogP contribution in [0, 0.1) is 11.3 Å². The van der Waals surface area contributed by atoms with Crippen molar-refractivity contribution in [3.8, 4) is 0 Å². The minimum atomic E-state index is -0.193. The summed E-state index contributed by atoms with van der Waals surface area (Å²) < 4.78 is 0. The molecule has 1 atom stereocenters. The number of piperidine rings is 1. The van der Waals surface area contributed by atoms with E-state index >= 15 is 0 Å². The number of likely N-dealkylation sites (tertiary alicyclic amines) is 1. The molecule has 30 heavy (non-hydrogen) atoms. The number of amides is 2. The quantitative estimate of drug-likeness (QED) is 0.671. The summed E-state index contributed by atoms with van der Waals surface area (Å²) in [6.45, 7) is 13.0. The first-order chi connectivity index (χ1) is 14.1. The maximum atomic E-state index is 12.4. The van der Waals surface area contributed by atoms with Gasteiger partial charge in [0.15, 0.2) is 0 Å². The lowest BCUT2D eigenvalue weighted by molar-refractivity contribution is -0.124. The third-order valence-corrected chi connectivity index (χ3v) is 6.16. The Hall–Kier alpha value is -1.30. The molecule has 0 radical (unpaired) electrons. The van der Waals surface area contributed by atoms with Gasteiger partial charge in [-0.15, -0.1) is 0 Å². The van der Waals surface area contributed by atoms with Crippen LogP contribution in [0.25, 0.3) is 0 Å². The highest BCUT2D eigenvalue weighted by molar-refractivity contribution is 6.35. The van der Waals surface area contributed by atoms with Crippen molar-refractivity contribution in [2.75, 3.05) is 26.2 Å². The third kappa shape index (κ3) is 7.14. The molecule has 168 valence electrons. The topological polar surface area (TPSA) is 61.4 Å². The van der Waals surface area contributed by atoms with Gasteiger partial charge in [0.25, 0.3) is 5.91 Å². The van der Waals surface area contributed by atoms with E-state index in [1.807, 2.05) is 34.6 Å². The van der Waals surface area contributed by atoms with Gasteiger partial charge in [0.05, 0.1) is 6.54 Å². The van der Waals surface area contributed by atoms with Crippen molar-refractivity contribution in [3.05, 3.63) is 33.8 Å². The van der Waals surface area contributed by atoms with Gasteiger partial charge >= 0.3 is 0 Å². The van der Waals surface area contributed by atoms with Crippen LogP contribution in [0.5, 0.6) is 0 Å². The standard InChI is InChI=1S/C21H29Cl2N3O2.C2H6/c1-20(2,3)25-18(27)13-26-6-4-21(5-7-26)11-15(21)12-24-19(28)14-8-16(22)10-17(23)9-14;1-2/h8-10,15H,4-7,11-13H2,1-3H3,(H,24,28)(H,25,27);1-2H3. The molecule has 3 rings (SSSR count). The molecule has 1 aromatic rings. The molecule has 1 spiro atoms. The van der Waals surface area contributed by atoms with Gasteiger partial charge in [-0.25, -0.2) is 0 Å². The number of nitrogens with one attached hydrogen (secondary N) is 2. The lowest BCUT2D eigenvalue weighted by atomic mass is 9.90. The summed E-state index contributed by atoms with van der Waals surface area (Å²) in [7, 11) is 0. The fraction of sp³-hybridized carbons (Fsp3) is 0.652. The molecule has 1 aromatic carbocycles. The smallest absolute Gasteiger partial charge is 0.251 e. The van der Waals surface area contributed by atoms with Gasteiger partial charge in [0.1, 0.15) is 0 Å². The third-order valence-electron chi connectivity index (χ3n) is 5.73. The van der Waals surface area contributed by atoms with Crippen molar-refractivity contribution in [3.63, 3.8) is 0 Å². The molecule has 0 aromatic heterocycles. The molecule has 2 fully saturated rings. The van der Waals surface area contributed by atoms with Crippen LogP contribution in [-0.2, 0) is 4.79 Å². The minimum absolute atomic E-state index is 0.0863. The van der Waals surface area contributed by atoms with Crippen molar-refractivity contribution in [2.45, 2.75) is 59.4 Å². The first kappa shape index (κ1) is 25.0. The first-order valence-electron chi connectivity index (χ1n) is 10.8. The molecule has 1 unspecified atom stereocenters. The highest BCUT2D eigenvalue weighted by Gasteiger charge is 2.54. The minimum Gasteiger partial charge on any atom is -0.352 e. The summed E-state index contributed by atoms with van der Waals surface area (Å²) in [6.07, 6.45) is 3.31. The van der Waals surface area contributed by atoms with Crippen LogP contribution in [0.15, 0.2) is 18.2 Å². The zero-order chi connectivity index (χ0) is 22.5. The molecule has 0 bridgehead atoms. The molecule has 1 heterocycles. The SMILES string of the molecule is CC.CC(C)(C)NC(=O)CN1CCC2(CC1)CC2CNC(=O)c1cc(Cl)cc(Cl)c1. The van der Waals surface area contributed by atoms with Gasteiger partial charge < -0.3 is 10.6 Å². The maximum absolute atomic E-state index is 12.4. The van der Waals surface area contributed by atoms with Crippen molar-refractivity contribution >= 4 is 35.0 Å². The Bertz CT molecular complexity index is 733. The van der Waals surface area contributed by atoms with E-state index in [0.29, 0.717) is 40.0 Å². The Morgan fingerprint density at radius 2 is 1.67 bits per heavy atom. The van der Waals surface area contributed by atoms with Crippen LogP contribution in [0.2, 0.25) is 10.0 Å². The van der Waals surface area contributed by atoms with E-state index in [4.69, 9.17) is 23.2 Å². The van der Waals surface area contributed by atoms with E-state index in [-0.39, 0.29) is 17.4 Å². The van der Waals surface area contributed by atoms with Crippen molar-refractivity contribution in [1.29, 1.82) is 0 Å². The average molecular weight is 456 g/mol. The Morgan fingerprint density at radius 3 is 2.20 bits per heavy atom. The molecule has 2 amide bonds. The van der Waals surface area contributed by atoms with Gasteiger partial charge in [0, 0.05) is 27.7 Å². The average Bonchev–Trinajstić information content (AvgIpc) is 3.33. The second kappa shape index (κ2) is 10.3. The number of nitrogens with zero attached hydrogens (tertiary/aromatic N) is 1. The van der Waals surface area contributed by atoms with Crippen LogP contribution in [0.1, 0.15) is 64.2 Å². The highest BCUT2D eigenvalue weighted by Crippen LogP contribution is 2.59. The Morgan fingerprint density at radius 1 is 1.10 bits per heavy atom. The number of benzene rings is 1. The number of halogens is 2. The molecule has 5 nitrogen and oxygen atoms in total. The fourth-order valence-corrected chi connectivity index (χ4v) is 4.68. The van der Waals surface area contributed by atoms with Gasteiger partial charge in [-0.1, -0.05) is 37.0 Å². The number of hydrogen-bond donors (Lipinski definition) is 2. The maximum Gasteiger partial charge on any atom is 0.251 e. The zero-order valence-corrected chi connectivity index (χ0v) is 20.3. The number of rotatable bonds is 5. The largest absolute Gasteiger partial charge is 0.352 e. The Labute approximate surface area is 190 Å². The van der Waals surface area contributed by atoms with E-state index in [2.05, 4.69) is 15.5 Å². The van der Waals surface area contributed by atoms with Gasteiger partial charge in [0.2, 0.25) is 5.91 Å². The summed E-state index contributed by atoms with van der Waals surface area (Å²) in [5, 5.41) is 6.97. The normalized spacial score (nSPS) is 20.2. The van der Waals surface area contributed by atoms with Gasteiger partial charge in [-0.05, 0) is 82.7 Å². The Balaban J connectivity index is 0.00000155. The van der Waals surface area contributed by atoms with E-state index < -0.39 is 0 Å². The van der Waals surface area contributed by atoms with E-state index in [9.17, 15) is 9.59 Å². The summed E-state index contributed by atoms with van der Waals surface area (Å²) in [4.78, 5) is 26.7. The molecule has 2 aliphatic rings. The van der Waals surface area contributed by atoms with Crippen LogP contribution >= 0.6 is 23.2 Å². The van der Waals surface area contributed by atoms with Gasteiger partial charge in [-0.2, -0.15) is 0 Å². The van der Waals surface area contributed by atoms with Gasteiger partial charge in [-0.3, -0.25) is 14.5 Å². The van der Waals surface area contributed by atoms with E-state index in [1.54, 1.807) is 18.2 Å². The molecule has 1 saturated carbocycles. The van der Waals surface area contributed by atoms with E-state index in [1.165, 1.54) is 0 Å². The molecular formula is C23H35Cl2N3O2. The molecule has 1 aliphatic heterocycles. The molecule has 1 aliphatic carbocycles. The van der Waals surface area contributed by atoms with Crippen molar-refractivity contribution in [1.82, 2.24) is 15.5 Å².